The molecule has 180 valence electrons. The third-order valence-electron chi connectivity index (χ3n) is 5.64. The molecule has 1 aromatic heterocycles. The molecule has 1 saturated heterocycles. The molecular formula is C22H23F2IN6O3. The fraction of sp³-hybridized carbons (Fsp3) is 0.409. The number of hydrogen-bond donors (Lipinski definition) is 1. The number of nitrogens with one attached hydrogen (secondary N) is 1. The minimum absolute atomic E-state index is 0.00677. The zero-order valence-electron chi connectivity index (χ0n) is 18.5. The number of carbonyl (C=O) groups excluding carboxylic acids is 2. The predicted molar refractivity (Wildman–Crippen MR) is 128 cm³/mol. The lowest BCUT2D eigenvalue weighted by Crippen LogP contribution is -2.52. The van der Waals surface area contributed by atoms with E-state index >= 15 is 0 Å². The van der Waals surface area contributed by atoms with Gasteiger partial charge in [0, 0.05) is 47.1 Å². The van der Waals surface area contributed by atoms with E-state index < -0.39 is 27.9 Å². The largest absolute Gasteiger partial charge is 0.370 e. The monoisotopic (exact) mass is 584 g/mol. The molecule has 0 aliphatic carbocycles. The van der Waals surface area contributed by atoms with Crippen LogP contribution in [0.1, 0.15) is 35.5 Å². The number of morpholine rings is 1. The number of benzene rings is 1. The van der Waals surface area contributed by atoms with Crippen molar-refractivity contribution in [1.29, 1.82) is 0 Å². The average Bonchev–Trinajstić information content (AvgIpc) is 3.25. The van der Waals surface area contributed by atoms with Crippen LogP contribution in [0.2, 0.25) is 0 Å². The van der Waals surface area contributed by atoms with Crippen LogP contribution in [0.5, 0.6) is 0 Å². The minimum Gasteiger partial charge on any atom is -0.370 e. The van der Waals surface area contributed by atoms with Gasteiger partial charge in [-0.3, -0.25) is 4.79 Å². The molecule has 1 fully saturated rings. The standard InChI is InChI=1S/C22H23F2IN6O3/c1-13-3-5-15(6-4-13)19-17(30-7-8-34-12-18(30)32)11-31(29-19)21(33)28-14(2)16-9-26-20(27-10-16)22(23,24)25/h3-6,9-10,14,17H,7-8,11-12H2,1-2H3,(H,28,33)/t14-,17+/m1/s1. The van der Waals surface area contributed by atoms with E-state index in [1.807, 2.05) is 31.2 Å². The Hall–Kier alpha value is -2.74. The summed E-state index contributed by atoms with van der Waals surface area (Å²) in [7, 11) is 0. The van der Waals surface area contributed by atoms with E-state index in [0.717, 1.165) is 33.7 Å². The number of alkyl halides is 3. The van der Waals surface area contributed by atoms with Crippen molar-refractivity contribution in [3.05, 3.63) is 59.2 Å². The highest BCUT2D eigenvalue weighted by molar-refractivity contribution is 14.1. The predicted octanol–water partition coefficient (Wildman–Crippen LogP) is 2.99. The maximum atomic E-state index is 13.4. The lowest BCUT2D eigenvalue weighted by molar-refractivity contribution is -0.143. The first-order chi connectivity index (χ1) is 16.1. The summed E-state index contributed by atoms with van der Waals surface area (Å²) in [5.41, 5.74) is 3.00. The number of hydrazone groups is 1. The van der Waals surface area contributed by atoms with E-state index in [2.05, 4.69) is 20.4 Å². The summed E-state index contributed by atoms with van der Waals surface area (Å²) in [4.78, 5) is 34.6. The maximum Gasteiger partial charge on any atom is 0.354 e. The minimum atomic E-state index is -3.18. The summed E-state index contributed by atoms with van der Waals surface area (Å²) in [6.07, 6.45) is 2.53. The Morgan fingerprint density at radius 1 is 1.26 bits per heavy atom. The van der Waals surface area contributed by atoms with E-state index in [1.54, 1.807) is 11.8 Å². The van der Waals surface area contributed by atoms with Gasteiger partial charge in [-0.2, -0.15) is 13.9 Å². The van der Waals surface area contributed by atoms with E-state index in [9.17, 15) is 18.4 Å². The van der Waals surface area contributed by atoms with E-state index in [4.69, 9.17) is 4.74 Å². The van der Waals surface area contributed by atoms with E-state index in [1.165, 1.54) is 17.4 Å². The number of amides is 3. The average molecular weight is 584 g/mol. The van der Waals surface area contributed by atoms with Crippen molar-refractivity contribution in [2.45, 2.75) is 29.9 Å². The Bertz CT molecular complexity index is 1090. The molecule has 2 aromatic rings. The third kappa shape index (κ3) is 5.32. The first kappa shape index (κ1) is 24.4. The molecule has 2 aliphatic heterocycles. The molecule has 0 radical (unpaired) electrons. The summed E-state index contributed by atoms with van der Waals surface area (Å²) in [6.45, 7) is 4.67. The van der Waals surface area contributed by atoms with Gasteiger partial charge in [0.25, 0.3) is 0 Å². The number of hydrogen-bond acceptors (Lipinski definition) is 6. The van der Waals surface area contributed by atoms with Gasteiger partial charge in [0.15, 0.2) is 0 Å². The van der Waals surface area contributed by atoms with Crippen molar-refractivity contribution in [3.63, 3.8) is 0 Å². The SMILES string of the molecule is Cc1ccc(C2=NN(C(=O)N[C@H](C)c3cnc(C(F)(F)I)nc3)C[C@@H]2N2CCOCC2=O)cc1. The summed E-state index contributed by atoms with van der Waals surface area (Å²) >= 11 is 0.962. The number of ether oxygens (including phenoxy) is 1. The lowest BCUT2D eigenvalue weighted by Gasteiger charge is -2.33. The lowest BCUT2D eigenvalue weighted by atomic mass is 10.0. The number of aromatic nitrogens is 2. The topological polar surface area (TPSA) is 100 Å². The fourth-order valence-corrected chi connectivity index (χ4v) is 4.03. The number of halogens is 3. The van der Waals surface area contributed by atoms with Crippen molar-refractivity contribution in [3.8, 4) is 0 Å². The molecule has 12 heteroatoms. The van der Waals surface area contributed by atoms with Crippen LogP contribution in [-0.2, 0) is 13.5 Å². The van der Waals surface area contributed by atoms with Gasteiger partial charge in [-0.15, -0.1) is 0 Å². The van der Waals surface area contributed by atoms with E-state index in [0.29, 0.717) is 24.4 Å². The van der Waals surface area contributed by atoms with Gasteiger partial charge in [-0.1, -0.05) is 29.8 Å². The second-order valence-electron chi connectivity index (χ2n) is 8.10. The van der Waals surface area contributed by atoms with Gasteiger partial charge >= 0.3 is 9.96 Å². The van der Waals surface area contributed by atoms with Gasteiger partial charge in [-0.25, -0.2) is 19.8 Å². The Kier molecular flexibility index (Phi) is 7.07. The summed E-state index contributed by atoms with van der Waals surface area (Å²) in [5, 5.41) is 8.62. The Morgan fingerprint density at radius 3 is 2.56 bits per heavy atom. The molecule has 2 atom stereocenters. The quantitative estimate of drug-likeness (QED) is 0.431. The van der Waals surface area contributed by atoms with Gasteiger partial charge in [-0.05, 0) is 19.4 Å². The molecule has 0 saturated carbocycles. The Labute approximate surface area is 208 Å². The van der Waals surface area contributed by atoms with Gasteiger partial charge < -0.3 is 15.0 Å². The van der Waals surface area contributed by atoms with Crippen LogP contribution < -0.4 is 5.32 Å². The van der Waals surface area contributed by atoms with Crippen LogP contribution in [0.25, 0.3) is 0 Å². The van der Waals surface area contributed by atoms with Crippen molar-refractivity contribution in [2.24, 2.45) is 5.10 Å². The Morgan fingerprint density at radius 2 is 1.94 bits per heavy atom. The molecule has 4 rings (SSSR count). The molecule has 34 heavy (non-hydrogen) atoms. The fourth-order valence-electron chi connectivity index (χ4n) is 3.75. The summed E-state index contributed by atoms with van der Waals surface area (Å²) < 4.78 is 28.8. The normalized spacial score (nSPS) is 19.7. The number of urea groups is 1. The van der Waals surface area contributed by atoms with Crippen LogP contribution in [0.3, 0.4) is 0 Å². The number of rotatable bonds is 5. The number of aryl methyl sites for hydroxylation is 1. The number of nitrogens with zero attached hydrogens (tertiary/aromatic N) is 5. The zero-order valence-corrected chi connectivity index (χ0v) is 20.7. The molecule has 0 spiro atoms. The van der Waals surface area contributed by atoms with E-state index in [-0.39, 0.29) is 19.1 Å². The molecular weight excluding hydrogens is 561 g/mol. The third-order valence-corrected chi connectivity index (χ3v) is 6.12. The first-order valence-electron chi connectivity index (χ1n) is 10.6. The molecule has 3 amide bonds. The van der Waals surface area contributed by atoms with Crippen LogP contribution in [0.15, 0.2) is 41.8 Å². The smallest absolute Gasteiger partial charge is 0.354 e. The molecule has 0 bridgehead atoms. The molecule has 1 N–H and O–H groups in total. The molecule has 2 aliphatic rings. The molecule has 9 nitrogen and oxygen atoms in total. The Balaban J connectivity index is 1.52. The van der Waals surface area contributed by atoms with Crippen LogP contribution in [0.4, 0.5) is 13.6 Å². The highest BCUT2D eigenvalue weighted by Crippen LogP contribution is 2.32. The highest BCUT2D eigenvalue weighted by atomic mass is 127. The number of carbonyl (C=O) groups is 2. The zero-order chi connectivity index (χ0) is 24.5. The van der Waals surface area contributed by atoms with Crippen molar-refractivity contribution in [1.82, 2.24) is 25.2 Å². The summed E-state index contributed by atoms with van der Waals surface area (Å²) in [6, 6.07) is 6.28. The van der Waals surface area contributed by atoms with Gasteiger partial charge in [0.1, 0.15) is 6.61 Å². The maximum absolute atomic E-state index is 13.4. The van der Waals surface area contributed by atoms with Crippen molar-refractivity contribution >= 4 is 40.2 Å². The second kappa shape index (κ2) is 9.86. The molecule has 3 heterocycles. The van der Waals surface area contributed by atoms with Crippen LogP contribution in [0, 0.1) is 6.92 Å². The first-order valence-corrected chi connectivity index (χ1v) is 11.7. The molecule has 0 unspecified atom stereocenters. The van der Waals surface area contributed by atoms with Gasteiger partial charge in [0.2, 0.25) is 11.7 Å². The van der Waals surface area contributed by atoms with Crippen molar-refractivity contribution < 1.29 is 23.1 Å². The van der Waals surface area contributed by atoms with Gasteiger partial charge in [0.05, 0.1) is 30.9 Å². The van der Waals surface area contributed by atoms with Crippen LogP contribution >= 0.6 is 22.6 Å². The second-order valence-corrected chi connectivity index (χ2v) is 9.45. The van der Waals surface area contributed by atoms with Crippen LogP contribution in [-0.4, -0.2) is 69.9 Å². The van der Waals surface area contributed by atoms with Crippen molar-refractivity contribution in [2.75, 3.05) is 26.3 Å². The molecule has 1 aromatic carbocycles. The highest BCUT2D eigenvalue weighted by Gasteiger charge is 2.38. The summed E-state index contributed by atoms with van der Waals surface area (Å²) in [5.74, 6) is -0.753.